The second-order valence-electron chi connectivity index (χ2n) is 5.84. The summed E-state index contributed by atoms with van der Waals surface area (Å²) in [6.07, 6.45) is 7.93. The Morgan fingerprint density at radius 3 is 2.32 bits per heavy atom. The fourth-order valence-corrected chi connectivity index (χ4v) is 3.85. The standard InChI is InChI=1S/C10H8N2OS.C7H13N/c11-10(13)9-4-3-8(14-9)7-2-1-5-12-6-7;1-4-8-5-2-7(1)3-6-8/h1-6H,(H2,11,13);7H,1-6H2. The predicted molar refractivity (Wildman–Crippen MR) is 89.8 cm³/mol. The van der Waals surface area contributed by atoms with E-state index in [1.165, 1.54) is 50.2 Å². The molecule has 0 aliphatic carbocycles. The van der Waals surface area contributed by atoms with Crippen LogP contribution >= 0.6 is 11.3 Å². The second-order valence-corrected chi connectivity index (χ2v) is 6.93. The Balaban J connectivity index is 0.000000151. The maximum atomic E-state index is 10.9. The van der Waals surface area contributed by atoms with Gasteiger partial charge in [0.1, 0.15) is 0 Å². The molecular weight excluding hydrogens is 294 g/mol. The fraction of sp³-hybridized carbons (Fsp3) is 0.412. The van der Waals surface area contributed by atoms with Crippen molar-refractivity contribution in [3.05, 3.63) is 41.5 Å². The number of pyridine rings is 1. The molecule has 0 saturated carbocycles. The molecule has 22 heavy (non-hydrogen) atoms. The van der Waals surface area contributed by atoms with E-state index in [0.29, 0.717) is 4.88 Å². The molecule has 1 amide bonds. The highest BCUT2D eigenvalue weighted by atomic mass is 32.1. The third kappa shape index (κ3) is 3.72. The third-order valence-electron chi connectivity index (χ3n) is 4.36. The zero-order chi connectivity index (χ0) is 15.4. The topological polar surface area (TPSA) is 59.2 Å². The number of hydrogen-bond donors (Lipinski definition) is 1. The van der Waals surface area contributed by atoms with E-state index in [2.05, 4.69) is 9.88 Å². The SMILES string of the molecule is C1CN2CCC1CC2.NC(=O)c1ccc(-c2cccnc2)s1. The van der Waals surface area contributed by atoms with Crippen LogP contribution in [0.2, 0.25) is 0 Å². The second kappa shape index (κ2) is 7.03. The molecule has 0 unspecified atom stereocenters. The number of rotatable bonds is 2. The van der Waals surface area contributed by atoms with E-state index >= 15 is 0 Å². The van der Waals surface area contributed by atoms with Gasteiger partial charge in [0.25, 0.3) is 5.91 Å². The number of aromatic nitrogens is 1. The molecule has 2 bridgehead atoms. The summed E-state index contributed by atoms with van der Waals surface area (Å²) >= 11 is 1.38. The van der Waals surface area contributed by atoms with Crippen LogP contribution in [0.5, 0.6) is 0 Å². The molecule has 3 fully saturated rings. The van der Waals surface area contributed by atoms with E-state index in [1.54, 1.807) is 18.5 Å². The Hall–Kier alpha value is -1.72. The predicted octanol–water partition coefficient (Wildman–Crippen LogP) is 3.01. The van der Waals surface area contributed by atoms with Gasteiger partial charge in [0.15, 0.2) is 0 Å². The number of carbonyl (C=O) groups excluding carboxylic acids is 1. The molecule has 5 rings (SSSR count). The molecule has 3 saturated heterocycles. The average molecular weight is 315 g/mol. The summed E-state index contributed by atoms with van der Waals surface area (Å²) < 4.78 is 0. The van der Waals surface area contributed by atoms with Gasteiger partial charge in [-0.1, -0.05) is 6.07 Å². The van der Waals surface area contributed by atoms with Crippen LogP contribution in [0.4, 0.5) is 0 Å². The van der Waals surface area contributed by atoms with Crippen molar-refractivity contribution < 1.29 is 4.79 Å². The van der Waals surface area contributed by atoms with Crippen LogP contribution in [0, 0.1) is 5.92 Å². The van der Waals surface area contributed by atoms with Gasteiger partial charge in [-0.15, -0.1) is 11.3 Å². The van der Waals surface area contributed by atoms with Crippen molar-refractivity contribution in [3.63, 3.8) is 0 Å². The molecule has 3 aliphatic heterocycles. The molecular formula is C17H21N3OS. The van der Waals surface area contributed by atoms with Gasteiger partial charge in [-0.2, -0.15) is 0 Å². The lowest BCUT2D eigenvalue weighted by Gasteiger charge is -2.38. The third-order valence-corrected chi connectivity index (χ3v) is 5.50. The normalized spacial score (nSPS) is 22.7. The number of amides is 1. The van der Waals surface area contributed by atoms with E-state index in [9.17, 15) is 4.79 Å². The van der Waals surface area contributed by atoms with Gasteiger partial charge in [-0.25, -0.2) is 0 Å². The van der Waals surface area contributed by atoms with Crippen molar-refractivity contribution >= 4 is 17.2 Å². The van der Waals surface area contributed by atoms with E-state index in [0.717, 1.165) is 16.4 Å². The molecule has 116 valence electrons. The first kappa shape index (κ1) is 15.2. The molecule has 5 heterocycles. The summed E-state index contributed by atoms with van der Waals surface area (Å²) in [6.45, 7) is 4.18. The summed E-state index contributed by atoms with van der Waals surface area (Å²) in [4.78, 5) is 19.0. The molecule has 2 N–H and O–H groups in total. The number of piperidine rings is 3. The van der Waals surface area contributed by atoms with E-state index in [4.69, 9.17) is 5.73 Å². The van der Waals surface area contributed by atoms with Crippen LogP contribution < -0.4 is 5.73 Å². The highest BCUT2D eigenvalue weighted by Gasteiger charge is 2.24. The Morgan fingerprint density at radius 2 is 1.91 bits per heavy atom. The highest BCUT2D eigenvalue weighted by molar-refractivity contribution is 7.17. The number of fused-ring (bicyclic) bond motifs is 3. The summed E-state index contributed by atoms with van der Waals surface area (Å²) in [5.74, 6) is 0.727. The monoisotopic (exact) mass is 315 g/mol. The van der Waals surface area contributed by atoms with Crippen molar-refractivity contribution in [2.45, 2.75) is 19.3 Å². The number of hydrogen-bond acceptors (Lipinski definition) is 4. The first-order valence-electron chi connectivity index (χ1n) is 7.75. The first-order chi connectivity index (χ1) is 10.7. The minimum atomic E-state index is -0.384. The molecule has 0 spiro atoms. The average Bonchev–Trinajstić information content (AvgIpc) is 3.08. The van der Waals surface area contributed by atoms with Crippen LogP contribution in [-0.4, -0.2) is 35.4 Å². The van der Waals surface area contributed by atoms with Crippen molar-refractivity contribution in [2.75, 3.05) is 19.6 Å². The maximum Gasteiger partial charge on any atom is 0.258 e. The van der Waals surface area contributed by atoms with Gasteiger partial charge in [-0.05, 0) is 63.0 Å². The van der Waals surface area contributed by atoms with Gasteiger partial charge >= 0.3 is 0 Å². The summed E-state index contributed by atoms with van der Waals surface area (Å²) in [5.41, 5.74) is 6.17. The largest absolute Gasteiger partial charge is 0.365 e. The fourth-order valence-electron chi connectivity index (χ4n) is 3.00. The minimum absolute atomic E-state index is 0.384. The summed E-state index contributed by atoms with van der Waals surface area (Å²) in [5, 5.41) is 0. The number of nitrogens with two attached hydrogens (primary N) is 1. The molecule has 4 nitrogen and oxygen atoms in total. The van der Waals surface area contributed by atoms with Gasteiger partial charge in [0, 0.05) is 22.8 Å². The van der Waals surface area contributed by atoms with Crippen LogP contribution in [0.1, 0.15) is 28.9 Å². The van der Waals surface area contributed by atoms with Crippen molar-refractivity contribution in [2.24, 2.45) is 11.7 Å². The molecule has 5 heteroatoms. The van der Waals surface area contributed by atoms with Gasteiger partial charge in [-0.3, -0.25) is 9.78 Å². The van der Waals surface area contributed by atoms with Gasteiger partial charge < -0.3 is 10.6 Å². The Labute approximate surface area is 135 Å². The van der Waals surface area contributed by atoms with E-state index in [1.807, 2.05) is 18.2 Å². The zero-order valence-corrected chi connectivity index (χ0v) is 13.4. The molecule has 2 aromatic rings. The first-order valence-corrected chi connectivity index (χ1v) is 8.56. The van der Waals surface area contributed by atoms with E-state index < -0.39 is 0 Å². The van der Waals surface area contributed by atoms with Crippen molar-refractivity contribution in [1.29, 1.82) is 0 Å². The number of carbonyl (C=O) groups is 1. The molecule has 2 aromatic heterocycles. The zero-order valence-electron chi connectivity index (χ0n) is 12.6. The molecule has 3 aliphatic rings. The molecule has 0 radical (unpaired) electrons. The Morgan fingerprint density at radius 1 is 1.18 bits per heavy atom. The van der Waals surface area contributed by atoms with Crippen LogP contribution in [0.3, 0.4) is 0 Å². The van der Waals surface area contributed by atoms with Gasteiger partial charge in [0.2, 0.25) is 0 Å². The van der Waals surface area contributed by atoms with Crippen molar-refractivity contribution in [1.82, 2.24) is 9.88 Å². The lowest BCUT2D eigenvalue weighted by Crippen LogP contribution is -2.41. The van der Waals surface area contributed by atoms with Crippen LogP contribution in [0.15, 0.2) is 36.7 Å². The van der Waals surface area contributed by atoms with Gasteiger partial charge in [0.05, 0.1) is 4.88 Å². The lowest BCUT2D eigenvalue weighted by molar-refractivity contribution is 0.100. The maximum absolute atomic E-state index is 10.9. The molecule has 0 aromatic carbocycles. The van der Waals surface area contributed by atoms with Crippen LogP contribution in [0.25, 0.3) is 10.4 Å². The summed E-state index contributed by atoms with van der Waals surface area (Å²) in [6, 6.07) is 7.42. The minimum Gasteiger partial charge on any atom is -0.365 e. The van der Waals surface area contributed by atoms with E-state index in [-0.39, 0.29) is 5.91 Å². The number of primary amides is 1. The van der Waals surface area contributed by atoms with Crippen LogP contribution in [-0.2, 0) is 0 Å². The number of nitrogens with zero attached hydrogens (tertiary/aromatic N) is 2. The highest BCUT2D eigenvalue weighted by Crippen LogP contribution is 2.27. The van der Waals surface area contributed by atoms with Crippen molar-refractivity contribution in [3.8, 4) is 10.4 Å². The lowest BCUT2D eigenvalue weighted by atomic mass is 9.89. The quantitative estimate of drug-likeness (QED) is 0.927. The Kier molecular flexibility index (Phi) is 4.85. The Bertz CT molecular complexity index is 595. The smallest absolute Gasteiger partial charge is 0.258 e. The molecule has 0 atom stereocenters. The summed E-state index contributed by atoms with van der Waals surface area (Å²) in [7, 11) is 0. The number of thiophene rings is 1.